The van der Waals surface area contributed by atoms with Crippen LogP contribution < -0.4 is 5.32 Å². The third kappa shape index (κ3) is 3.71. The van der Waals surface area contributed by atoms with Gasteiger partial charge in [-0.25, -0.2) is 0 Å². The monoisotopic (exact) mass is 322 g/mol. The zero-order valence-electron chi connectivity index (χ0n) is 15.2. The van der Waals surface area contributed by atoms with Crippen molar-refractivity contribution in [1.82, 2.24) is 10.2 Å². The van der Waals surface area contributed by atoms with Gasteiger partial charge < -0.3 is 5.32 Å². The molecule has 2 aromatic carbocycles. The Kier molecular flexibility index (Phi) is 5.37. The standard InChI is InChI=1S/C22H30N2/c1-18(19-12-6-4-7-13-19)23-21(20-14-8-5-9-15-20)22(2,3)24-16-10-11-17-24/h4-9,12-15,18,21,23H,10-11,16-17H2,1-3H3/t18-,21+/m0/s1. The van der Waals surface area contributed by atoms with Crippen molar-refractivity contribution in [1.29, 1.82) is 0 Å². The van der Waals surface area contributed by atoms with Gasteiger partial charge in [0.1, 0.15) is 0 Å². The van der Waals surface area contributed by atoms with Gasteiger partial charge in [-0.3, -0.25) is 4.90 Å². The topological polar surface area (TPSA) is 15.3 Å². The minimum atomic E-state index is 0.0842. The third-order valence-corrected chi connectivity index (χ3v) is 5.48. The molecule has 2 nitrogen and oxygen atoms in total. The molecule has 2 heteroatoms. The molecule has 1 aliphatic heterocycles. The molecule has 0 radical (unpaired) electrons. The summed E-state index contributed by atoms with van der Waals surface area (Å²) in [6.45, 7) is 9.46. The lowest BCUT2D eigenvalue weighted by molar-refractivity contribution is 0.101. The van der Waals surface area contributed by atoms with Crippen molar-refractivity contribution < 1.29 is 0 Å². The maximum atomic E-state index is 3.93. The molecule has 1 aliphatic rings. The second-order valence-electron chi connectivity index (χ2n) is 7.49. The summed E-state index contributed by atoms with van der Waals surface area (Å²) in [5.74, 6) is 0. The first-order valence-corrected chi connectivity index (χ1v) is 9.20. The Labute approximate surface area is 146 Å². The summed E-state index contributed by atoms with van der Waals surface area (Å²) in [7, 11) is 0. The molecule has 1 N–H and O–H groups in total. The molecular formula is C22H30N2. The predicted octanol–water partition coefficient (Wildman–Crippen LogP) is 4.95. The second kappa shape index (κ2) is 7.50. The molecule has 3 rings (SSSR count). The SMILES string of the molecule is C[C@H](N[C@H](c1ccccc1)C(C)(C)N1CCCC1)c1ccccc1. The molecule has 0 spiro atoms. The van der Waals surface area contributed by atoms with Crippen LogP contribution in [0.1, 0.15) is 56.8 Å². The van der Waals surface area contributed by atoms with Gasteiger partial charge in [0.15, 0.2) is 0 Å². The van der Waals surface area contributed by atoms with Gasteiger partial charge >= 0.3 is 0 Å². The van der Waals surface area contributed by atoms with Gasteiger partial charge in [-0.1, -0.05) is 60.7 Å². The van der Waals surface area contributed by atoms with Crippen molar-refractivity contribution in [3.8, 4) is 0 Å². The first-order chi connectivity index (χ1) is 11.6. The summed E-state index contributed by atoms with van der Waals surface area (Å²) in [5.41, 5.74) is 2.80. The fourth-order valence-electron chi connectivity index (χ4n) is 3.92. The molecule has 1 heterocycles. The lowest BCUT2D eigenvalue weighted by Gasteiger charge is -2.44. The van der Waals surface area contributed by atoms with E-state index in [1.165, 1.54) is 37.1 Å². The van der Waals surface area contributed by atoms with Crippen LogP contribution >= 0.6 is 0 Å². The summed E-state index contributed by atoms with van der Waals surface area (Å²) < 4.78 is 0. The molecular weight excluding hydrogens is 292 g/mol. The minimum absolute atomic E-state index is 0.0842. The van der Waals surface area contributed by atoms with E-state index in [1.54, 1.807) is 0 Å². The molecule has 2 atom stereocenters. The summed E-state index contributed by atoms with van der Waals surface area (Å²) >= 11 is 0. The van der Waals surface area contributed by atoms with Crippen LogP contribution in [0.5, 0.6) is 0 Å². The molecule has 0 amide bonds. The molecule has 2 aromatic rings. The zero-order chi connectivity index (χ0) is 17.0. The molecule has 128 valence electrons. The van der Waals surface area contributed by atoms with Crippen molar-refractivity contribution in [2.24, 2.45) is 0 Å². The van der Waals surface area contributed by atoms with Crippen LogP contribution in [0.2, 0.25) is 0 Å². The van der Waals surface area contributed by atoms with E-state index in [0.29, 0.717) is 12.1 Å². The van der Waals surface area contributed by atoms with E-state index < -0.39 is 0 Å². The zero-order valence-corrected chi connectivity index (χ0v) is 15.2. The molecule has 1 saturated heterocycles. The third-order valence-electron chi connectivity index (χ3n) is 5.48. The molecule has 24 heavy (non-hydrogen) atoms. The largest absolute Gasteiger partial charge is 0.302 e. The van der Waals surface area contributed by atoms with Gasteiger partial charge in [-0.2, -0.15) is 0 Å². The second-order valence-corrected chi connectivity index (χ2v) is 7.49. The highest BCUT2D eigenvalue weighted by molar-refractivity contribution is 5.25. The molecule has 0 saturated carbocycles. The number of rotatable bonds is 6. The van der Waals surface area contributed by atoms with Crippen LogP contribution in [0.15, 0.2) is 60.7 Å². The van der Waals surface area contributed by atoms with E-state index in [0.717, 1.165) is 0 Å². The van der Waals surface area contributed by atoms with Crippen molar-refractivity contribution in [3.63, 3.8) is 0 Å². The Bertz CT molecular complexity index is 615. The number of hydrogen-bond donors (Lipinski definition) is 1. The molecule has 0 aromatic heterocycles. The van der Waals surface area contributed by atoms with Crippen molar-refractivity contribution in [2.75, 3.05) is 13.1 Å². The number of nitrogens with zero attached hydrogens (tertiary/aromatic N) is 1. The van der Waals surface area contributed by atoms with E-state index >= 15 is 0 Å². The van der Waals surface area contributed by atoms with E-state index in [4.69, 9.17) is 0 Å². The number of hydrogen-bond acceptors (Lipinski definition) is 2. The Balaban J connectivity index is 1.88. The van der Waals surface area contributed by atoms with Crippen LogP contribution in [-0.2, 0) is 0 Å². The molecule has 0 unspecified atom stereocenters. The van der Waals surface area contributed by atoms with E-state index in [1.807, 2.05) is 0 Å². The molecule has 1 fully saturated rings. The fraction of sp³-hybridized carbons (Fsp3) is 0.455. The van der Waals surface area contributed by atoms with Crippen LogP contribution in [0.4, 0.5) is 0 Å². The fourth-order valence-corrected chi connectivity index (χ4v) is 3.92. The van der Waals surface area contributed by atoms with Gasteiger partial charge in [0.2, 0.25) is 0 Å². The van der Waals surface area contributed by atoms with Crippen LogP contribution in [0.25, 0.3) is 0 Å². The smallest absolute Gasteiger partial charge is 0.0506 e. The quantitative estimate of drug-likeness (QED) is 0.809. The van der Waals surface area contributed by atoms with E-state index in [2.05, 4.69) is 91.7 Å². The number of benzene rings is 2. The van der Waals surface area contributed by atoms with Crippen molar-refractivity contribution in [3.05, 3.63) is 71.8 Å². The Morgan fingerprint density at radius 3 is 1.88 bits per heavy atom. The van der Waals surface area contributed by atoms with Gasteiger partial charge in [0, 0.05) is 11.6 Å². The van der Waals surface area contributed by atoms with Gasteiger partial charge in [-0.05, 0) is 57.8 Å². The molecule has 0 aliphatic carbocycles. The van der Waals surface area contributed by atoms with Crippen LogP contribution in [0, 0.1) is 0 Å². The minimum Gasteiger partial charge on any atom is -0.302 e. The summed E-state index contributed by atoms with van der Waals surface area (Å²) in [4.78, 5) is 2.65. The summed E-state index contributed by atoms with van der Waals surface area (Å²) in [6, 6.07) is 22.3. The highest BCUT2D eigenvalue weighted by atomic mass is 15.2. The van der Waals surface area contributed by atoms with Crippen molar-refractivity contribution >= 4 is 0 Å². The maximum absolute atomic E-state index is 3.93. The number of likely N-dealkylation sites (tertiary alicyclic amines) is 1. The Hall–Kier alpha value is -1.64. The average molecular weight is 322 g/mol. The Morgan fingerprint density at radius 1 is 0.833 bits per heavy atom. The maximum Gasteiger partial charge on any atom is 0.0506 e. The highest BCUT2D eigenvalue weighted by Gasteiger charge is 2.38. The lowest BCUT2D eigenvalue weighted by atomic mass is 9.86. The lowest BCUT2D eigenvalue weighted by Crippen LogP contribution is -2.52. The van der Waals surface area contributed by atoms with E-state index in [-0.39, 0.29) is 5.54 Å². The van der Waals surface area contributed by atoms with E-state index in [9.17, 15) is 0 Å². The van der Waals surface area contributed by atoms with Crippen LogP contribution in [0.3, 0.4) is 0 Å². The molecule has 0 bridgehead atoms. The highest BCUT2D eigenvalue weighted by Crippen LogP contribution is 2.35. The van der Waals surface area contributed by atoms with Gasteiger partial charge in [-0.15, -0.1) is 0 Å². The van der Waals surface area contributed by atoms with Crippen LogP contribution in [-0.4, -0.2) is 23.5 Å². The average Bonchev–Trinajstić information content (AvgIpc) is 3.16. The first kappa shape index (κ1) is 17.2. The first-order valence-electron chi connectivity index (χ1n) is 9.20. The van der Waals surface area contributed by atoms with Gasteiger partial charge in [0.25, 0.3) is 0 Å². The summed E-state index contributed by atoms with van der Waals surface area (Å²) in [5, 5.41) is 3.93. The normalized spacial score (nSPS) is 18.5. The summed E-state index contributed by atoms with van der Waals surface area (Å²) in [6.07, 6.45) is 2.64. The van der Waals surface area contributed by atoms with Gasteiger partial charge in [0.05, 0.1) is 6.04 Å². The van der Waals surface area contributed by atoms with Crippen molar-refractivity contribution in [2.45, 2.75) is 51.2 Å². The Morgan fingerprint density at radius 2 is 1.33 bits per heavy atom. The predicted molar refractivity (Wildman–Crippen MR) is 102 cm³/mol. The number of nitrogens with one attached hydrogen (secondary N) is 1.